The van der Waals surface area contributed by atoms with Crippen LogP contribution in [0.15, 0.2) is 11.6 Å². The van der Waals surface area contributed by atoms with Gasteiger partial charge in [-0.25, -0.2) is 0 Å². The number of rotatable bonds is 36. The third-order valence-corrected chi connectivity index (χ3v) is 17.7. The molecule has 4 aliphatic carbocycles. The average molecular weight is 896 g/mol. The van der Waals surface area contributed by atoms with Gasteiger partial charge in [0, 0.05) is 25.9 Å². The zero-order valence-corrected chi connectivity index (χ0v) is 43.2. The molecular weight excluding hydrogens is 791 g/mol. The minimum absolute atomic E-state index is 0.00358. The highest BCUT2D eigenvalue weighted by Crippen LogP contribution is 2.67. The molecule has 8 atom stereocenters. The molecule has 0 aromatic rings. The van der Waals surface area contributed by atoms with Crippen molar-refractivity contribution < 1.29 is 24.2 Å². The van der Waals surface area contributed by atoms with Gasteiger partial charge in [0.1, 0.15) is 6.10 Å². The van der Waals surface area contributed by atoms with Gasteiger partial charge in [-0.1, -0.05) is 162 Å². The Morgan fingerprint density at radius 2 is 1.27 bits per heavy atom. The quantitative estimate of drug-likeness (QED) is 0.0384. The Labute approximate surface area is 396 Å². The van der Waals surface area contributed by atoms with Gasteiger partial charge in [0.05, 0.1) is 6.61 Å². The van der Waals surface area contributed by atoms with Gasteiger partial charge in [-0.15, -0.1) is 0 Å². The maximum atomic E-state index is 13.1. The molecule has 0 bridgehead atoms. The van der Waals surface area contributed by atoms with E-state index >= 15 is 0 Å². The first-order valence-electron chi connectivity index (χ1n) is 28.4. The number of carbonyl (C=O) groups is 2. The summed E-state index contributed by atoms with van der Waals surface area (Å²) in [6.45, 7) is 18.8. The first-order chi connectivity index (χ1) is 31.0. The summed E-state index contributed by atoms with van der Waals surface area (Å²) in [5, 5.41) is 9.37. The zero-order valence-electron chi connectivity index (χ0n) is 43.2. The predicted molar refractivity (Wildman–Crippen MR) is 269 cm³/mol. The van der Waals surface area contributed by atoms with Gasteiger partial charge in [0.2, 0.25) is 0 Å². The molecule has 0 aliphatic heterocycles. The molecular formula is C58H105NO5. The molecule has 0 aromatic heterocycles. The minimum Gasteiger partial charge on any atom is -0.466 e. The Morgan fingerprint density at radius 3 is 1.92 bits per heavy atom. The van der Waals surface area contributed by atoms with E-state index < -0.39 is 0 Å². The number of aliphatic hydroxyl groups is 1. The van der Waals surface area contributed by atoms with E-state index in [-0.39, 0.29) is 30.1 Å². The van der Waals surface area contributed by atoms with Crippen molar-refractivity contribution in [3.05, 3.63) is 11.6 Å². The molecule has 6 heteroatoms. The number of hydrogen-bond donors (Lipinski definition) is 1. The summed E-state index contributed by atoms with van der Waals surface area (Å²) in [7, 11) is 0. The van der Waals surface area contributed by atoms with E-state index in [4.69, 9.17) is 9.47 Å². The second kappa shape index (κ2) is 30.9. The van der Waals surface area contributed by atoms with Crippen molar-refractivity contribution in [1.82, 2.24) is 4.90 Å². The van der Waals surface area contributed by atoms with Gasteiger partial charge in [-0.3, -0.25) is 9.59 Å². The molecule has 0 saturated heterocycles. The minimum atomic E-state index is -0.0276. The molecule has 0 heterocycles. The highest BCUT2D eigenvalue weighted by atomic mass is 16.5. The lowest BCUT2D eigenvalue weighted by Gasteiger charge is -2.58. The lowest BCUT2D eigenvalue weighted by atomic mass is 9.47. The maximum absolute atomic E-state index is 13.1. The molecule has 0 radical (unpaired) electrons. The number of allylic oxidation sites excluding steroid dienone is 1. The fourth-order valence-electron chi connectivity index (χ4n) is 13.7. The van der Waals surface area contributed by atoms with Gasteiger partial charge in [0.25, 0.3) is 0 Å². The van der Waals surface area contributed by atoms with Crippen molar-refractivity contribution in [3.63, 3.8) is 0 Å². The first kappa shape index (κ1) is 55.2. The van der Waals surface area contributed by atoms with E-state index in [0.29, 0.717) is 24.9 Å². The highest BCUT2D eigenvalue weighted by Gasteiger charge is 2.59. The van der Waals surface area contributed by atoms with Crippen molar-refractivity contribution in [2.75, 3.05) is 32.8 Å². The average Bonchev–Trinajstić information content (AvgIpc) is 3.63. The molecule has 6 nitrogen and oxygen atoms in total. The fourth-order valence-corrected chi connectivity index (χ4v) is 13.7. The highest BCUT2D eigenvalue weighted by molar-refractivity contribution is 5.69. The van der Waals surface area contributed by atoms with Crippen LogP contribution < -0.4 is 0 Å². The fraction of sp³-hybridized carbons (Fsp3) is 0.931. The van der Waals surface area contributed by atoms with Crippen molar-refractivity contribution in [2.24, 2.45) is 46.3 Å². The monoisotopic (exact) mass is 896 g/mol. The number of nitrogens with zero attached hydrogens (tertiary/aromatic N) is 1. The number of aliphatic hydroxyl groups excluding tert-OH is 1. The van der Waals surface area contributed by atoms with Crippen LogP contribution >= 0.6 is 0 Å². The van der Waals surface area contributed by atoms with Crippen LogP contribution in [0.25, 0.3) is 0 Å². The number of carbonyl (C=O) groups excluding carboxylic acids is 2. The molecule has 0 aromatic carbocycles. The van der Waals surface area contributed by atoms with Gasteiger partial charge >= 0.3 is 11.9 Å². The van der Waals surface area contributed by atoms with E-state index in [1.54, 1.807) is 5.57 Å². The van der Waals surface area contributed by atoms with Crippen molar-refractivity contribution in [2.45, 2.75) is 266 Å². The molecule has 1 N–H and O–H groups in total. The Hall–Kier alpha value is -1.40. The Kier molecular flexibility index (Phi) is 26.6. The van der Waals surface area contributed by atoms with Crippen LogP contribution in [-0.2, 0) is 19.1 Å². The van der Waals surface area contributed by atoms with Crippen LogP contribution in [0.1, 0.15) is 260 Å². The van der Waals surface area contributed by atoms with E-state index in [2.05, 4.69) is 52.5 Å². The van der Waals surface area contributed by atoms with E-state index in [1.165, 1.54) is 128 Å². The van der Waals surface area contributed by atoms with Crippen LogP contribution in [0, 0.1) is 46.3 Å². The summed E-state index contributed by atoms with van der Waals surface area (Å²) in [6.07, 6.45) is 43.0. The van der Waals surface area contributed by atoms with Gasteiger partial charge in [0.15, 0.2) is 0 Å². The lowest BCUT2D eigenvalue weighted by molar-refractivity contribution is -0.151. The summed E-state index contributed by atoms with van der Waals surface area (Å²) in [5.41, 5.74) is 2.42. The second-order valence-electron chi connectivity index (χ2n) is 23.0. The normalized spacial score (nSPS) is 27.0. The van der Waals surface area contributed by atoms with Gasteiger partial charge < -0.3 is 19.5 Å². The smallest absolute Gasteiger partial charge is 0.306 e. The topological polar surface area (TPSA) is 76.1 Å². The standard InChI is InChI=1S/C58H105NO5/c1-7-8-9-10-11-12-13-14-15-16-19-27-45-63-55(61)31-21-17-18-23-41-59(43-25-26-44-60)42-24-20-22-32-56(62)64-50-37-39-57(5)49(46-50)33-34-51-53-36-35-52(48(4)30-28-29-47(2)3)58(53,6)40-38-54(51)57/h33,47-48,50-54,60H,7-32,34-46H2,1-6H3. The number of hydrogen-bond acceptors (Lipinski definition) is 6. The maximum Gasteiger partial charge on any atom is 0.306 e. The second-order valence-corrected chi connectivity index (χ2v) is 23.0. The van der Waals surface area contributed by atoms with Crippen LogP contribution in [0.5, 0.6) is 0 Å². The Balaban J connectivity index is 1.03. The molecule has 0 amide bonds. The number of unbranched alkanes of at least 4 members (excludes halogenated alkanes) is 17. The molecule has 3 fully saturated rings. The third-order valence-electron chi connectivity index (χ3n) is 17.7. The third kappa shape index (κ3) is 18.6. The van der Waals surface area contributed by atoms with Crippen molar-refractivity contribution in [1.29, 1.82) is 0 Å². The molecule has 3 saturated carbocycles. The molecule has 372 valence electrons. The molecule has 4 aliphatic rings. The zero-order chi connectivity index (χ0) is 46.0. The Bertz CT molecular complexity index is 1300. The van der Waals surface area contributed by atoms with Crippen LogP contribution in [0.3, 0.4) is 0 Å². The van der Waals surface area contributed by atoms with Crippen molar-refractivity contribution in [3.8, 4) is 0 Å². The largest absolute Gasteiger partial charge is 0.466 e. The predicted octanol–water partition coefficient (Wildman–Crippen LogP) is 15.8. The summed E-state index contributed by atoms with van der Waals surface area (Å²) >= 11 is 0. The lowest BCUT2D eigenvalue weighted by Crippen LogP contribution is -2.51. The SMILES string of the molecule is CCCCCCCCCCCCCCOC(=O)CCCCCCN(CCCCO)CCCCCC(=O)OC1CCC2(C)C(=CCC3C2CCC2(C)C(C(C)CCCC(C)C)CCC32)C1. The summed E-state index contributed by atoms with van der Waals surface area (Å²) in [5.74, 6) is 5.08. The summed E-state index contributed by atoms with van der Waals surface area (Å²) in [6, 6.07) is 0. The van der Waals surface area contributed by atoms with Gasteiger partial charge in [-0.2, -0.15) is 0 Å². The van der Waals surface area contributed by atoms with Gasteiger partial charge in [-0.05, 0) is 156 Å². The number of esters is 2. The van der Waals surface area contributed by atoms with E-state index in [9.17, 15) is 14.7 Å². The van der Waals surface area contributed by atoms with Crippen molar-refractivity contribution >= 4 is 11.9 Å². The number of fused-ring (bicyclic) bond motifs is 5. The first-order valence-corrected chi connectivity index (χ1v) is 28.4. The molecule has 0 spiro atoms. The van der Waals surface area contributed by atoms with Crippen LogP contribution in [0.4, 0.5) is 0 Å². The van der Waals surface area contributed by atoms with Crippen LogP contribution in [-0.4, -0.2) is 60.9 Å². The van der Waals surface area contributed by atoms with Crippen LogP contribution in [0.2, 0.25) is 0 Å². The summed E-state index contributed by atoms with van der Waals surface area (Å²) < 4.78 is 11.7. The van der Waals surface area contributed by atoms with E-state index in [1.807, 2.05) is 0 Å². The summed E-state index contributed by atoms with van der Waals surface area (Å²) in [4.78, 5) is 27.9. The number of ether oxygens (including phenoxy) is 2. The van der Waals surface area contributed by atoms with E-state index in [0.717, 1.165) is 132 Å². The molecule has 4 rings (SSSR count). The molecule has 64 heavy (non-hydrogen) atoms. The molecule has 8 unspecified atom stereocenters. The Morgan fingerprint density at radius 1 is 0.672 bits per heavy atom.